The fourth-order valence-corrected chi connectivity index (χ4v) is 5.44. The number of amides is 1. The zero-order valence-electron chi connectivity index (χ0n) is 18.9. The summed E-state index contributed by atoms with van der Waals surface area (Å²) in [6.45, 7) is 6.75. The number of anilines is 1. The van der Waals surface area contributed by atoms with Crippen molar-refractivity contribution < 1.29 is 22.7 Å². The molecule has 0 aromatic heterocycles. The first kappa shape index (κ1) is 23.7. The Bertz CT molecular complexity index is 1030. The zero-order chi connectivity index (χ0) is 23.3. The number of hydrogen-bond acceptors (Lipinski definition) is 6. The van der Waals surface area contributed by atoms with Crippen molar-refractivity contribution in [1.29, 1.82) is 0 Å². The van der Waals surface area contributed by atoms with Gasteiger partial charge < -0.3 is 19.7 Å². The number of sulfonamides is 1. The van der Waals surface area contributed by atoms with Crippen LogP contribution in [0, 0.1) is 0 Å². The fraction of sp³-hybridized carbons (Fsp3) is 0.458. The Labute approximate surface area is 195 Å². The van der Waals surface area contributed by atoms with E-state index in [0.717, 1.165) is 39.1 Å². The summed E-state index contributed by atoms with van der Waals surface area (Å²) in [5.41, 5.74) is 1.03. The minimum atomic E-state index is -3.54. The molecule has 2 aliphatic rings. The summed E-state index contributed by atoms with van der Waals surface area (Å²) in [4.78, 5) is 15.0. The Morgan fingerprint density at radius 3 is 2.36 bits per heavy atom. The van der Waals surface area contributed by atoms with E-state index in [4.69, 9.17) is 9.47 Å². The van der Waals surface area contributed by atoms with Gasteiger partial charge in [0.1, 0.15) is 12.4 Å². The van der Waals surface area contributed by atoms with Gasteiger partial charge in [-0.3, -0.25) is 4.79 Å². The molecule has 2 aromatic carbocycles. The van der Waals surface area contributed by atoms with Crippen LogP contribution in [0.2, 0.25) is 0 Å². The van der Waals surface area contributed by atoms with Crippen LogP contribution in [0.1, 0.15) is 30.1 Å². The van der Waals surface area contributed by atoms with Crippen LogP contribution in [0.15, 0.2) is 53.4 Å². The largest absolute Gasteiger partial charge is 0.491 e. The summed E-state index contributed by atoms with van der Waals surface area (Å²) in [7, 11) is -3.54. The van der Waals surface area contributed by atoms with E-state index in [2.05, 4.69) is 17.1 Å². The summed E-state index contributed by atoms with van der Waals surface area (Å²) >= 11 is 0. The van der Waals surface area contributed by atoms with Gasteiger partial charge in [-0.2, -0.15) is 4.31 Å². The number of hydrogen-bond donors (Lipinski definition) is 1. The molecule has 8 nitrogen and oxygen atoms in total. The molecule has 4 rings (SSSR count). The van der Waals surface area contributed by atoms with Crippen molar-refractivity contribution in [1.82, 2.24) is 9.21 Å². The van der Waals surface area contributed by atoms with Crippen LogP contribution >= 0.6 is 0 Å². The second-order valence-electron chi connectivity index (χ2n) is 8.29. The van der Waals surface area contributed by atoms with Gasteiger partial charge in [0, 0.05) is 44.0 Å². The van der Waals surface area contributed by atoms with Crippen molar-refractivity contribution >= 4 is 21.6 Å². The first-order chi connectivity index (χ1) is 16.0. The molecule has 1 N–H and O–H groups in total. The quantitative estimate of drug-likeness (QED) is 0.634. The number of likely N-dealkylation sites (N-methyl/N-ethyl adjacent to an activating group) is 1. The van der Waals surface area contributed by atoms with Gasteiger partial charge in [-0.15, -0.1) is 0 Å². The van der Waals surface area contributed by atoms with Gasteiger partial charge >= 0.3 is 0 Å². The van der Waals surface area contributed by atoms with E-state index in [0.29, 0.717) is 36.7 Å². The molecule has 2 heterocycles. The van der Waals surface area contributed by atoms with E-state index >= 15 is 0 Å². The molecule has 0 bridgehead atoms. The van der Waals surface area contributed by atoms with Gasteiger partial charge in [0.05, 0.1) is 11.0 Å². The molecule has 2 aromatic rings. The molecule has 0 radical (unpaired) electrons. The molecule has 1 amide bonds. The summed E-state index contributed by atoms with van der Waals surface area (Å²) in [6.07, 6.45) is 2.22. The van der Waals surface area contributed by atoms with Crippen LogP contribution in [-0.2, 0) is 14.8 Å². The van der Waals surface area contributed by atoms with E-state index in [-0.39, 0.29) is 16.9 Å². The molecule has 0 saturated carbocycles. The maximum atomic E-state index is 12.9. The predicted molar refractivity (Wildman–Crippen MR) is 126 cm³/mol. The first-order valence-corrected chi connectivity index (χ1v) is 12.9. The van der Waals surface area contributed by atoms with Crippen molar-refractivity contribution in [3.8, 4) is 5.75 Å². The van der Waals surface area contributed by atoms with Crippen molar-refractivity contribution in [3.63, 3.8) is 0 Å². The number of piperazine rings is 1. The monoisotopic (exact) mass is 473 g/mol. The van der Waals surface area contributed by atoms with Crippen LogP contribution in [-0.4, -0.2) is 75.6 Å². The molecule has 178 valence electrons. The number of benzene rings is 2. The highest BCUT2D eigenvalue weighted by molar-refractivity contribution is 7.89. The van der Waals surface area contributed by atoms with Crippen LogP contribution in [0.25, 0.3) is 0 Å². The second kappa shape index (κ2) is 10.6. The van der Waals surface area contributed by atoms with Crippen molar-refractivity contribution in [2.24, 2.45) is 0 Å². The third kappa shape index (κ3) is 5.92. The normalized spacial score (nSPS) is 20.0. The number of nitrogens with one attached hydrogen (secondary N) is 1. The lowest BCUT2D eigenvalue weighted by Crippen LogP contribution is -2.48. The molecule has 2 fully saturated rings. The highest BCUT2D eigenvalue weighted by atomic mass is 32.2. The smallest absolute Gasteiger partial charge is 0.255 e. The van der Waals surface area contributed by atoms with E-state index in [9.17, 15) is 13.2 Å². The van der Waals surface area contributed by atoms with E-state index in [1.54, 1.807) is 48.5 Å². The summed E-state index contributed by atoms with van der Waals surface area (Å²) in [6, 6.07) is 13.2. The Morgan fingerprint density at radius 1 is 1.06 bits per heavy atom. The number of carbonyl (C=O) groups is 1. The van der Waals surface area contributed by atoms with Crippen molar-refractivity contribution in [3.05, 3.63) is 54.1 Å². The predicted octanol–water partition coefficient (Wildman–Crippen LogP) is 2.82. The highest BCUT2D eigenvalue weighted by Crippen LogP contribution is 2.21. The maximum absolute atomic E-state index is 12.9. The molecule has 2 saturated heterocycles. The second-order valence-corrected chi connectivity index (χ2v) is 10.2. The number of carbonyl (C=O) groups excluding carboxylic acids is 1. The van der Waals surface area contributed by atoms with E-state index in [1.165, 1.54) is 4.31 Å². The van der Waals surface area contributed by atoms with Crippen LogP contribution in [0.5, 0.6) is 5.75 Å². The fourth-order valence-electron chi connectivity index (χ4n) is 4.02. The minimum absolute atomic E-state index is 0.140. The molecule has 2 aliphatic heterocycles. The van der Waals surface area contributed by atoms with E-state index < -0.39 is 10.0 Å². The van der Waals surface area contributed by atoms with Crippen LogP contribution in [0.4, 0.5) is 5.69 Å². The van der Waals surface area contributed by atoms with Crippen molar-refractivity contribution in [2.75, 3.05) is 51.3 Å². The van der Waals surface area contributed by atoms with Gasteiger partial charge in [-0.05, 0) is 67.9 Å². The number of rotatable bonds is 8. The molecule has 9 heteroatoms. The first-order valence-electron chi connectivity index (χ1n) is 11.4. The Kier molecular flexibility index (Phi) is 7.64. The summed E-state index contributed by atoms with van der Waals surface area (Å²) in [5.74, 6) is 0.420. The summed E-state index contributed by atoms with van der Waals surface area (Å²) in [5, 5.41) is 2.81. The average Bonchev–Trinajstić information content (AvgIpc) is 3.37. The maximum Gasteiger partial charge on any atom is 0.255 e. The van der Waals surface area contributed by atoms with Gasteiger partial charge in [-0.1, -0.05) is 6.92 Å². The highest BCUT2D eigenvalue weighted by Gasteiger charge is 2.28. The van der Waals surface area contributed by atoms with Crippen LogP contribution in [0.3, 0.4) is 0 Å². The zero-order valence-corrected chi connectivity index (χ0v) is 19.7. The van der Waals surface area contributed by atoms with Gasteiger partial charge in [0.25, 0.3) is 5.91 Å². The average molecular weight is 474 g/mol. The topological polar surface area (TPSA) is 88.2 Å². The molecule has 33 heavy (non-hydrogen) atoms. The number of nitrogens with zero attached hydrogens (tertiary/aromatic N) is 2. The molecule has 0 aliphatic carbocycles. The molecular weight excluding hydrogens is 442 g/mol. The Hall–Kier alpha value is -2.46. The SMILES string of the molecule is CCN1CCN(S(=O)(=O)c2ccc(NC(=O)c3ccc(OCC4CCCO4)cc3)cc2)CC1. The van der Waals surface area contributed by atoms with Crippen LogP contribution < -0.4 is 10.1 Å². The minimum Gasteiger partial charge on any atom is -0.491 e. The molecular formula is C24H31N3O5S. The third-order valence-corrected chi connectivity index (χ3v) is 8.02. The Balaban J connectivity index is 1.32. The lowest BCUT2D eigenvalue weighted by atomic mass is 10.2. The molecule has 1 atom stereocenters. The van der Waals surface area contributed by atoms with Gasteiger partial charge in [0.15, 0.2) is 0 Å². The standard InChI is InChI=1S/C24H31N3O5S/c1-2-26-13-15-27(16-14-26)33(29,30)23-11-7-20(8-12-23)25-24(28)19-5-9-21(10-6-19)32-18-22-4-3-17-31-22/h5-12,22H,2-4,13-18H2,1H3,(H,25,28). The lowest BCUT2D eigenvalue weighted by Gasteiger charge is -2.33. The third-order valence-electron chi connectivity index (χ3n) is 6.10. The lowest BCUT2D eigenvalue weighted by molar-refractivity contribution is 0.0679. The summed E-state index contributed by atoms with van der Waals surface area (Å²) < 4.78 is 38.6. The van der Waals surface area contributed by atoms with Gasteiger partial charge in [-0.25, -0.2) is 8.42 Å². The van der Waals surface area contributed by atoms with E-state index in [1.807, 2.05) is 0 Å². The molecule has 0 spiro atoms. The van der Waals surface area contributed by atoms with Gasteiger partial charge in [0.2, 0.25) is 10.0 Å². The number of ether oxygens (including phenoxy) is 2. The molecule has 1 unspecified atom stereocenters. The van der Waals surface area contributed by atoms with Crippen molar-refractivity contribution in [2.45, 2.75) is 30.8 Å². The Morgan fingerprint density at radius 2 is 1.76 bits per heavy atom.